The van der Waals surface area contributed by atoms with E-state index in [2.05, 4.69) is 26.9 Å². The van der Waals surface area contributed by atoms with E-state index in [0.717, 1.165) is 36.5 Å². The highest BCUT2D eigenvalue weighted by molar-refractivity contribution is 9.10. The summed E-state index contributed by atoms with van der Waals surface area (Å²) in [5, 5.41) is 8.96. The minimum atomic E-state index is 0.642. The van der Waals surface area contributed by atoms with E-state index in [-0.39, 0.29) is 0 Å². The largest absolute Gasteiger partial charge is 0.380 e. The lowest BCUT2D eigenvalue weighted by atomic mass is 10.2. The maximum absolute atomic E-state index is 8.96. The second-order valence-corrected chi connectivity index (χ2v) is 5.01. The van der Waals surface area contributed by atoms with Gasteiger partial charge in [-0.3, -0.25) is 0 Å². The van der Waals surface area contributed by atoms with Crippen molar-refractivity contribution in [2.45, 2.75) is 13.8 Å². The van der Waals surface area contributed by atoms with Crippen molar-refractivity contribution in [3.05, 3.63) is 28.2 Å². The summed E-state index contributed by atoms with van der Waals surface area (Å²) in [6.07, 6.45) is 0. The lowest BCUT2D eigenvalue weighted by Gasteiger charge is -2.25. The molecular weight excluding hydrogens is 320 g/mol. The quantitative estimate of drug-likeness (QED) is 0.647. The zero-order valence-electron chi connectivity index (χ0n) is 12.1. The van der Waals surface area contributed by atoms with E-state index in [1.165, 1.54) is 0 Å². The number of halogens is 1. The van der Waals surface area contributed by atoms with Crippen molar-refractivity contribution in [2.75, 3.05) is 44.4 Å². The summed E-state index contributed by atoms with van der Waals surface area (Å²) in [7, 11) is 0. The fraction of sp³-hybridized carbons (Fsp3) is 0.533. The standard InChI is InChI=1S/C15H21BrN2O2/c1-3-19-9-7-18(8-10-20-4-2)14-6-5-13(12-17)15(16)11-14/h5-6,11H,3-4,7-10H2,1-2H3. The third-order valence-electron chi connectivity index (χ3n) is 2.86. The molecule has 0 aliphatic rings. The Kier molecular flexibility index (Phi) is 8.28. The molecule has 0 radical (unpaired) electrons. The molecular formula is C15H21BrN2O2. The van der Waals surface area contributed by atoms with Crippen molar-refractivity contribution in [1.29, 1.82) is 5.26 Å². The first-order valence-corrected chi connectivity index (χ1v) is 7.62. The molecule has 0 saturated heterocycles. The predicted molar refractivity (Wildman–Crippen MR) is 84.1 cm³/mol. The molecule has 0 aromatic heterocycles. The van der Waals surface area contributed by atoms with E-state index in [1.54, 1.807) is 0 Å². The average Bonchev–Trinajstić information content (AvgIpc) is 2.46. The monoisotopic (exact) mass is 340 g/mol. The van der Waals surface area contributed by atoms with E-state index in [4.69, 9.17) is 14.7 Å². The maximum atomic E-state index is 8.96. The summed E-state index contributed by atoms with van der Waals surface area (Å²) < 4.78 is 11.7. The van der Waals surface area contributed by atoms with Crippen LogP contribution < -0.4 is 4.90 Å². The van der Waals surface area contributed by atoms with Crippen molar-refractivity contribution < 1.29 is 9.47 Å². The van der Waals surface area contributed by atoms with Crippen LogP contribution in [0.4, 0.5) is 5.69 Å². The summed E-state index contributed by atoms with van der Waals surface area (Å²) >= 11 is 3.43. The topological polar surface area (TPSA) is 45.5 Å². The van der Waals surface area contributed by atoms with Gasteiger partial charge in [-0.25, -0.2) is 0 Å². The first-order chi connectivity index (χ1) is 9.72. The first-order valence-electron chi connectivity index (χ1n) is 6.83. The molecule has 110 valence electrons. The molecule has 0 spiro atoms. The lowest BCUT2D eigenvalue weighted by Crippen LogP contribution is -2.31. The van der Waals surface area contributed by atoms with Crippen LogP contribution in [0.2, 0.25) is 0 Å². The van der Waals surface area contributed by atoms with Gasteiger partial charge in [-0.1, -0.05) is 0 Å². The van der Waals surface area contributed by atoms with Gasteiger partial charge in [0.15, 0.2) is 0 Å². The van der Waals surface area contributed by atoms with Gasteiger partial charge in [0, 0.05) is 36.5 Å². The Bertz CT molecular complexity index is 436. The third kappa shape index (κ3) is 5.49. The summed E-state index contributed by atoms with van der Waals surface area (Å²) in [5.74, 6) is 0. The highest BCUT2D eigenvalue weighted by Crippen LogP contribution is 2.23. The van der Waals surface area contributed by atoms with Gasteiger partial charge in [0.2, 0.25) is 0 Å². The predicted octanol–water partition coefficient (Wildman–Crippen LogP) is 3.20. The molecule has 0 aliphatic carbocycles. The zero-order chi connectivity index (χ0) is 14.8. The van der Waals surface area contributed by atoms with Gasteiger partial charge in [-0.05, 0) is 48.0 Å². The number of hydrogen-bond acceptors (Lipinski definition) is 4. The van der Waals surface area contributed by atoms with E-state index in [9.17, 15) is 0 Å². The van der Waals surface area contributed by atoms with E-state index >= 15 is 0 Å². The molecule has 0 saturated carbocycles. The highest BCUT2D eigenvalue weighted by atomic mass is 79.9. The fourth-order valence-electron chi connectivity index (χ4n) is 1.80. The van der Waals surface area contributed by atoms with Crippen LogP contribution in [0.25, 0.3) is 0 Å². The Hall–Kier alpha value is -1.09. The van der Waals surface area contributed by atoms with Crippen LogP contribution in [0.3, 0.4) is 0 Å². The molecule has 1 rings (SSSR count). The van der Waals surface area contributed by atoms with Crippen molar-refractivity contribution >= 4 is 21.6 Å². The van der Waals surface area contributed by atoms with Gasteiger partial charge in [0.05, 0.1) is 18.8 Å². The third-order valence-corrected chi connectivity index (χ3v) is 3.51. The number of nitriles is 1. The minimum absolute atomic E-state index is 0.642. The maximum Gasteiger partial charge on any atom is 0.100 e. The lowest BCUT2D eigenvalue weighted by molar-refractivity contribution is 0.141. The van der Waals surface area contributed by atoms with Crippen LogP contribution in [0.15, 0.2) is 22.7 Å². The Morgan fingerprint density at radius 3 is 2.20 bits per heavy atom. The molecule has 0 N–H and O–H groups in total. The van der Waals surface area contributed by atoms with Crippen molar-refractivity contribution in [2.24, 2.45) is 0 Å². The normalized spacial score (nSPS) is 10.3. The number of benzene rings is 1. The van der Waals surface area contributed by atoms with Crippen molar-refractivity contribution in [3.8, 4) is 6.07 Å². The number of hydrogen-bond donors (Lipinski definition) is 0. The highest BCUT2D eigenvalue weighted by Gasteiger charge is 2.09. The van der Waals surface area contributed by atoms with E-state index < -0.39 is 0 Å². The van der Waals surface area contributed by atoms with Crippen molar-refractivity contribution in [1.82, 2.24) is 0 Å². The van der Waals surface area contributed by atoms with Crippen LogP contribution >= 0.6 is 15.9 Å². The van der Waals surface area contributed by atoms with E-state index in [1.807, 2.05) is 32.0 Å². The Labute approximate surface area is 129 Å². The molecule has 20 heavy (non-hydrogen) atoms. The second kappa shape index (κ2) is 9.76. The average molecular weight is 341 g/mol. The van der Waals surface area contributed by atoms with Gasteiger partial charge in [-0.15, -0.1) is 0 Å². The molecule has 0 aliphatic heterocycles. The molecule has 5 heteroatoms. The number of nitrogens with zero attached hydrogens (tertiary/aromatic N) is 2. The van der Waals surface area contributed by atoms with Crippen LogP contribution in [0.1, 0.15) is 19.4 Å². The zero-order valence-corrected chi connectivity index (χ0v) is 13.6. The molecule has 4 nitrogen and oxygen atoms in total. The SMILES string of the molecule is CCOCCN(CCOCC)c1ccc(C#N)c(Br)c1. The van der Waals surface area contributed by atoms with Gasteiger partial charge >= 0.3 is 0 Å². The number of ether oxygens (including phenoxy) is 2. The smallest absolute Gasteiger partial charge is 0.100 e. The molecule has 0 heterocycles. The molecule has 0 fully saturated rings. The van der Waals surface area contributed by atoms with Crippen LogP contribution in [-0.4, -0.2) is 39.5 Å². The Balaban J connectivity index is 2.74. The number of rotatable bonds is 9. The summed E-state index contributed by atoms with van der Waals surface area (Å²) in [6, 6.07) is 7.91. The van der Waals surface area contributed by atoms with Crippen LogP contribution in [0, 0.1) is 11.3 Å². The molecule has 1 aromatic carbocycles. The van der Waals surface area contributed by atoms with Crippen LogP contribution in [-0.2, 0) is 9.47 Å². The number of anilines is 1. The molecule has 0 bridgehead atoms. The summed E-state index contributed by atoms with van der Waals surface area (Å²) in [5.41, 5.74) is 1.71. The molecule has 0 unspecified atom stereocenters. The summed E-state index contributed by atoms with van der Waals surface area (Å²) in [6.45, 7) is 8.39. The van der Waals surface area contributed by atoms with Crippen LogP contribution in [0.5, 0.6) is 0 Å². The Morgan fingerprint density at radius 2 is 1.75 bits per heavy atom. The summed E-state index contributed by atoms with van der Waals surface area (Å²) in [4.78, 5) is 2.21. The van der Waals surface area contributed by atoms with Gasteiger partial charge in [-0.2, -0.15) is 5.26 Å². The van der Waals surface area contributed by atoms with E-state index in [0.29, 0.717) is 18.8 Å². The first kappa shape index (κ1) is 17.0. The Morgan fingerprint density at radius 1 is 1.15 bits per heavy atom. The second-order valence-electron chi connectivity index (χ2n) is 4.16. The molecule has 0 atom stereocenters. The minimum Gasteiger partial charge on any atom is -0.380 e. The molecule has 1 aromatic rings. The van der Waals surface area contributed by atoms with Gasteiger partial charge in [0.1, 0.15) is 6.07 Å². The van der Waals surface area contributed by atoms with Crippen molar-refractivity contribution in [3.63, 3.8) is 0 Å². The van der Waals surface area contributed by atoms with Gasteiger partial charge in [0.25, 0.3) is 0 Å². The van der Waals surface area contributed by atoms with Gasteiger partial charge < -0.3 is 14.4 Å². The molecule has 0 amide bonds. The fourth-order valence-corrected chi connectivity index (χ4v) is 2.25.